The molecule has 0 aliphatic carbocycles. The number of carbonyl (C=O) groups excluding carboxylic acids is 1. The van der Waals surface area contributed by atoms with Crippen molar-refractivity contribution in [2.45, 2.75) is 19.4 Å². The third kappa shape index (κ3) is 2.44. The van der Waals surface area contributed by atoms with Crippen molar-refractivity contribution in [3.8, 4) is 11.4 Å². The van der Waals surface area contributed by atoms with Crippen LogP contribution in [-0.4, -0.2) is 37.6 Å². The van der Waals surface area contributed by atoms with Gasteiger partial charge in [0.2, 0.25) is 5.82 Å². The molecule has 1 aromatic carbocycles. The average molecular weight is 320 g/mol. The third-order valence-corrected chi connectivity index (χ3v) is 4.20. The number of aromatic nitrogens is 5. The minimum Gasteiger partial charge on any atom is -0.310 e. The summed E-state index contributed by atoms with van der Waals surface area (Å²) in [5.74, 6) is 0.471. The summed E-state index contributed by atoms with van der Waals surface area (Å²) in [4.78, 5) is 20.1. The van der Waals surface area contributed by atoms with E-state index in [-0.39, 0.29) is 5.91 Å². The zero-order valence-electron chi connectivity index (χ0n) is 13.2. The molecule has 2 aromatic heterocycles. The van der Waals surface area contributed by atoms with E-state index in [0.717, 1.165) is 23.2 Å². The molecule has 7 nitrogen and oxygen atoms in total. The molecule has 0 spiro atoms. The Morgan fingerprint density at radius 1 is 1.21 bits per heavy atom. The van der Waals surface area contributed by atoms with Gasteiger partial charge in [0.15, 0.2) is 0 Å². The second-order valence-corrected chi connectivity index (χ2v) is 5.72. The predicted octanol–water partition coefficient (Wildman–Crippen LogP) is 1.89. The van der Waals surface area contributed by atoms with Gasteiger partial charge in [0.25, 0.3) is 5.91 Å². The molecule has 120 valence electrons. The van der Waals surface area contributed by atoms with Gasteiger partial charge >= 0.3 is 0 Å². The topological polar surface area (TPSA) is 76.8 Å². The summed E-state index contributed by atoms with van der Waals surface area (Å²) < 4.78 is 0. The molecule has 3 aromatic rings. The van der Waals surface area contributed by atoms with Crippen molar-refractivity contribution < 1.29 is 4.79 Å². The zero-order valence-corrected chi connectivity index (χ0v) is 13.2. The van der Waals surface area contributed by atoms with Crippen molar-refractivity contribution in [3.63, 3.8) is 0 Å². The Labute approximate surface area is 138 Å². The highest BCUT2D eigenvalue weighted by Crippen LogP contribution is 2.28. The van der Waals surface area contributed by atoms with Gasteiger partial charge < -0.3 is 4.90 Å². The van der Waals surface area contributed by atoms with Crippen LogP contribution in [0.15, 0.2) is 48.8 Å². The number of carbonyl (C=O) groups is 1. The second-order valence-electron chi connectivity index (χ2n) is 5.72. The summed E-state index contributed by atoms with van der Waals surface area (Å²) >= 11 is 0. The molecular weight excluding hydrogens is 304 g/mol. The number of benzene rings is 1. The van der Waals surface area contributed by atoms with Crippen molar-refractivity contribution in [3.05, 3.63) is 54.4 Å². The number of nitrogens with zero attached hydrogens (tertiary/aromatic N) is 6. The van der Waals surface area contributed by atoms with E-state index in [4.69, 9.17) is 0 Å². The molecule has 1 unspecified atom stereocenters. The maximum absolute atomic E-state index is 12.8. The van der Waals surface area contributed by atoms with Gasteiger partial charge in [-0.1, -0.05) is 30.3 Å². The molecule has 0 saturated heterocycles. The van der Waals surface area contributed by atoms with Crippen LogP contribution in [0, 0.1) is 0 Å². The van der Waals surface area contributed by atoms with Gasteiger partial charge in [0.05, 0.1) is 5.69 Å². The zero-order chi connectivity index (χ0) is 16.5. The van der Waals surface area contributed by atoms with Gasteiger partial charge in [-0.2, -0.15) is 4.80 Å². The van der Waals surface area contributed by atoms with Gasteiger partial charge in [0.1, 0.15) is 6.04 Å². The lowest BCUT2D eigenvalue weighted by Gasteiger charge is -2.20. The highest BCUT2D eigenvalue weighted by Gasteiger charge is 2.30. The van der Waals surface area contributed by atoms with E-state index in [2.05, 4.69) is 20.4 Å². The van der Waals surface area contributed by atoms with Crippen LogP contribution in [0.25, 0.3) is 11.4 Å². The number of tetrazole rings is 1. The fourth-order valence-electron chi connectivity index (χ4n) is 2.87. The SMILES string of the molecule is CC(C(=O)N1CCc2cnccc21)n1nnc(-c2ccccc2)n1. The van der Waals surface area contributed by atoms with E-state index in [1.165, 1.54) is 4.80 Å². The van der Waals surface area contributed by atoms with Crippen molar-refractivity contribution in [2.75, 3.05) is 11.4 Å². The monoisotopic (exact) mass is 320 g/mol. The standard InChI is InChI=1S/C17H16N6O/c1-12(17(24)22-10-8-14-11-18-9-7-15(14)22)23-20-16(19-21-23)13-5-3-2-4-6-13/h2-7,9,11-12H,8,10H2,1H3. The molecule has 4 rings (SSSR count). The van der Waals surface area contributed by atoms with Crippen LogP contribution in [0.3, 0.4) is 0 Å². The number of anilines is 1. The lowest BCUT2D eigenvalue weighted by atomic mass is 10.2. The molecule has 1 amide bonds. The van der Waals surface area contributed by atoms with Crippen LogP contribution in [0.2, 0.25) is 0 Å². The highest BCUT2D eigenvalue weighted by molar-refractivity contribution is 5.97. The predicted molar refractivity (Wildman–Crippen MR) is 88.3 cm³/mol. The summed E-state index contributed by atoms with van der Waals surface area (Å²) in [6, 6.07) is 10.9. The normalized spacial score (nSPS) is 14.5. The number of rotatable bonds is 3. The van der Waals surface area contributed by atoms with Crippen LogP contribution in [0.4, 0.5) is 5.69 Å². The first-order chi connectivity index (χ1) is 11.7. The Morgan fingerprint density at radius 3 is 2.88 bits per heavy atom. The van der Waals surface area contributed by atoms with Crippen LogP contribution in [-0.2, 0) is 11.2 Å². The van der Waals surface area contributed by atoms with Crippen LogP contribution < -0.4 is 4.90 Å². The average Bonchev–Trinajstić information content (AvgIpc) is 3.28. The molecule has 0 bridgehead atoms. The summed E-state index contributed by atoms with van der Waals surface area (Å²) in [6.45, 7) is 2.45. The molecule has 0 saturated carbocycles. The first-order valence-electron chi connectivity index (χ1n) is 7.83. The Hall–Kier alpha value is -3.09. The van der Waals surface area contributed by atoms with Crippen molar-refractivity contribution in [2.24, 2.45) is 0 Å². The molecule has 1 aliphatic heterocycles. The highest BCUT2D eigenvalue weighted by atomic mass is 16.2. The summed E-state index contributed by atoms with van der Waals surface area (Å²) in [5, 5.41) is 12.5. The summed E-state index contributed by atoms with van der Waals surface area (Å²) in [5.41, 5.74) is 2.89. The first-order valence-corrected chi connectivity index (χ1v) is 7.83. The maximum atomic E-state index is 12.8. The lowest BCUT2D eigenvalue weighted by Crippen LogP contribution is -2.35. The van der Waals surface area contributed by atoms with E-state index in [9.17, 15) is 4.79 Å². The minimum atomic E-state index is -0.519. The number of fused-ring (bicyclic) bond motifs is 1. The number of hydrogen-bond acceptors (Lipinski definition) is 5. The van der Waals surface area contributed by atoms with Crippen molar-refractivity contribution in [1.82, 2.24) is 25.2 Å². The summed E-state index contributed by atoms with van der Waals surface area (Å²) in [6.07, 6.45) is 4.34. The van der Waals surface area contributed by atoms with E-state index in [1.54, 1.807) is 18.0 Å². The van der Waals surface area contributed by atoms with Gasteiger partial charge in [-0.25, -0.2) is 0 Å². The van der Waals surface area contributed by atoms with Crippen molar-refractivity contribution in [1.29, 1.82) is 0 Å². The molecular formula is C17H16N6O. The summed E-state index contributed by atoms with van der Waals surface area (Å²) in [7, 11) is 0. The Bertz CT molecular complexity index is 876. The fraction of sp³-hybridized carbons (Fsp3) is 0.235. The number of pyridine rings is 1. The molecule has 0 radical (unpaired) electrons. The lowest BCUT2D eigenvalue weighted by molar-refractivity contribution is -0.121. The van der Waals surface area contributed by atoms with E-state index < -0.39 is 6.04 Å². The number of hydrogen-bond donors (Lipinski definition) is 0. The molecule has 1 atom stereocenters. The van der Waals surface area contributed by atoms with Crippen LogP contribution >= 0.6 is 0 Å². The minimum absolute atomic E-state index is 0.0445. The third-order valence-electron chi connectivity index (χ3n) is 4.20. The number of amides is 1. The molecule has 24 heavy (non-hydrogen) atoms. The molecule has 1 aliphatic rings. The van der Waals surface area contributed by atoms with Crippen LogP contribution in [0.1, 0.15) is 18.5 Å². The molecule has 7 heteroatoms. The first kappa shape index (κ1) is 14.5. The molecule has 3 heterocycles. The van der Waals surface area contributed by atoms with Crippen LogP contribution in [0.5, 0.6) is 0 Å². The van der Waals surface area contributed by atoms with E-state index in [0.29, 0.717) is 12.4 Å². The Morgan fingerprint density at radius 2 is 2.04 bits per heavy atom. The fourth-order valence-corrected chi connectivity index (χ4v) is 2.87. The Kier molecular flexibility index (Phi) is 3.53. The Balaban J connectivity index is 1.57. The quantitative estimate of drug-likeness (QED) is 0.736. The second kappa shape index (κ2) is 5.84. The van der Waals surface area contributed by atoms with Gasteiger partial charge in [0, 0.05) is 24.5 Å². The van der Waals surface area contributed by atoms with Crippen molar-refractivity contribution >= 4 is 11.6 Å². The molecule has 0 N–H and O–H groups in total. The van der Waals surface area contributed by atoms with Gasteiger partial charge in [-0.3, -0.25) is 9.78 Å². The largest absolute Gasteiger partial charge is 0.310 e. The van der Waals surface area contributed by atoms with E-state index >= 15 is 0 Å². The maximum Gasteiger partial charge on any atom is 0.253 e. The van der Waals surface area contributed by atoms with Gasteiger partial charge in [-0.15, -0.1) is 10.2 Å². The van der Waals surface area contributed by atoms with E-state index in [1.807, 2.05) is 42.6 Å². The smallest absolute Gasteiger partial charge is 0.253 e. The molecule has 0 fully saturated rings. The van der Waals surface area contributed by atoms with Gasteiger partial charge in [-0.05, 0) is 30.2 Å².